The number of amides is 1. The van der Waals surface area contributed by atoms with Crippen molar-refractivity contribution in [2.75, 3.05) is 75.5 Å². The fourth-order valence-corrected chi connectivity index (χ4v) is 4.72. The van der Waals surface area contributed by atoms with Gasteiger partial charge < -0.3 is 24.7 Å². The van der Waals surface area contributed by atoms with E-state index in [0.717, 1.165) is 31.7 Å². The van der Waals surface area contributed by atoms with Crippen LogP contribution in [0.15, 0.2) is 30.3 Å². The quantitative estimate of drug-likeness (QED) is 0.749. The van der Waals surface area contributed by atoms with E-state index in [-0.39, 0.29) is 17.7 Å². The van der Waals surface area contributed by atoms with Gasteiger partial charge >= 0.3 is 0 Å². The van der Waals surface area contributed by atoms with Crippen molar-refractivity contribution < 1.29 is 9.90 Å². The highest BCUT2D eigenvalue weighted by Crippen LogP contribution is 2.44. The van der Waals surface area contributed by atoms with Crippen LogP contribution in [0.5, 0.6) is 0 Å². The van der Waals surface area contributed by atoms with Crippen LogP contribution in [0.2, 0.25) is 0 Å². The molecule has 0 saturated carbocycles. The number of aliphatic hydroxyl groups is 1. The van der Waals surface area contributed by atoms with Crippen LogP contribution in [-0.4, -0.2) is 112 Å². The fourth-order valence-electron chi connectivity index (χ4n) is 4.72. The van der Waals surface area contributed by atoms with Gasteiger partial charge in [0.15, 0.2) is 0 Å². The molecule has 6 heteroatoms. The molecule has 3 unspecified atom stereocenters. The molecule has 28 heavy (non-hydrogen) atoms. The van der Waals surface area contributed by atoms with E-state index in [1.54, 1.807) is 19.0 Å². The third-order valence-corrected chi connectivity index (χ3v) is 5.83. The molecular formula is C22H38N4O2. The molecule has 1 aliphatic rings. The lowest BCUT2D eigenvalue weighted by atomic mass is 9.63. The van der Waals surface area contributed by atoms with Gasteiger partial charge in [-0.1, -0.05) is 30.3 Å². The molecule has 0 aliphatic carbocycles. The summed E-state index contributed by atoms with van der Waals surface area (Å²) in [6.07, 6.45) is 0. The van der Waals surface area contributed by atoms with Gasteiger partial charge in [0.05, 0.1) is 11.5 Å². The Morgan fingerprint density at radius 3 is 1.89 bits per heavy atom. The molecule has 2 rings (SSSR count). The van der Waals surface area contributed by atoms with Crippen LogP contribution >= 0.6 is 0 Å². The van der Waals surface area contributed by atoms with Gasteiger partial charge in [-0.2, -0.15) is 0 Å². The van der Waals surface area contributed by atoms with E-state index < -0.39 is 11.5 Å². The van der Waals surface area contributed by atoms with Crippen LogP contribution in [0.3, 0.4) is 0 Å². The smallest absolute Gasteiger partial charge is 0.232 e. The van der Waals surface area contributed by atoms with Crippen LogP contribution in [-0.2, 0) is 4.79 Å². The van der Waals surface area contributed by atoms with E-state index in [1.165, 1.54) is 0 Å². The summed E-state index contributed by atoms with van der Waals surface area (Å²) in [7, 11) is 13.8. The molecule has 1 aliphatic heterocycles. The third kappa shape index (κ3) is 4.92. The average Bonchev–Trinajstić information content (AvgIpc) is 2.59. The Morgan fingerprint density at radius 1 is 1.04 bits per heavy atom. The number of piperidine rings is 1. The number of hydrogen-bond acceptors (Lipinski definition) is 5. The lowest BCUT2D eigenvalue weighted by molar-refractivity contribution is -0.162. The van der Waals surface area contributed by atoms with Crippen molar-refractivity contribution in [2.24, 2.45) is 11.8 Å². The summed E-state index contributed by atoms with van der Waals surface area (Å²) in [5.74, 6) is -0.710. The third-order valence-electron chi connectivity index (χ3n) is 5.83. The molecule has 0 radical (unpaired) electrons. The van der Waals surface area contributed by atoms with Gasteiger partial charge in [0.1, 0.15) is 0 Å². The summed E-state index contributed by atoms with van der Waals surface area (Å²) in [6.45, 7) is 2.99. The molecule has 3 atom stereocenters. The van der Waals surface area contributed by atoms with Crippen LogP contribution < -0.4 is 0 Å². The number of carbonyl (C=O) groups excluding carboxylic acids is 1. The molecular weight excluding hydrogens is 352 g/mol. The van der Waals surface area contributed by atoms with Crippen LogP contribution in [0.4, 0.5) is 0 Å². The lowest BCUT2D eigenvalue weighted by Gasteiger charge is -2.53. The summed E-state index contributed by atoms with van der Waals surface area (Å²) in [6, 6.07) is 9.80. The van der Waals surface area contributed by atoms with Crippen LogP contribution in [0.1, 0.15) is 11.5 Å². The predicted octanol–water partition coefficient (Wildman–Crippen LogP) is 0.891. The summed E-state index contributed by atoms with van der Waals surface area (Å²) >= 11 is 0. The number of nitrogens with zero attached hydrogens (tertiary/aromatic N) is 4. The Morgan fingerprint density at radius 2 is 1.50 bits per heavy atom. The van der Waals surface area contributed by atoms with E-state index >= 15 is 0 Å². The van der Waals surface area contributed by atoms with E-state index in [1.807, 2.05) is 58.5 Å². The molecule has 0 bridgehead atoms. The minimum atomic E-state index is -1.14. The van der Waals surface area contributed by atoms with Crippen LogP contribution in [0.25, 0.3) is 0 Å². The highest BCUT2D eigenvalue weighted by atomic mass is 16.3. The molecule has 0 spiro atoms. The zero-order valence-electron chi connectivity index (χ0n) is 18.6. The summed E-state index contributed by atoms with van der Waals surface area (Å²) in [5.41, 5.74) is -0.246. The minimum Gasteiger partial charge on any atom is -0.388 e. The second-order valence-electron chi connectivity index (χ2n) is 9.10. The highest BCUT2D eigenvalue weighted by Gasteiger charge is 2.56. The first-order chi connectivity index (χ1) is 13.1. The zero-order valence-corrected chi connectivity index (χ0v) is 18.6. The average molecular weight is 391 g/mol. The number of rotatable bonds is 7. The van der Waals surface area contributed by atoms with Gasteiger partial charge in [-0.15, -0.1) is 0 Å². The number of hydrogen-bond donors (Lipinski definition) is 1. The molecule has 158 valence electrons. The zero-order chi connectivity index (χ0) is 21.1. The Kier molecular flexibility index (Phi) is 7.62. The Hall–Kier alpha value is -1.47. The first kappa shape index (κ1) is 22.8. The topological polar surface area (TPSA) is 50.3 Å². The number of carbonyl (C=O) groups is 1. The molecule has 1 N–H and O–H groups in total. The fraction of sp³-hybridized carbons (Fsp3) is 0.682. The summed E-state index contributed by atoms with van der Waals surface area (Å²) < 4.78 is 0. The summed E-state index contributed by atoms with van der Waals surface area (Å²) in [4.78, 5) is 21.6. The maximum absolute atomic E-state index is 13.4. The van der Waals surface area contributed by atoms with Crippen molar-refractivity contribution >= 4 is 5.91 Å². The van der Waals surface area contributed by atoms with Crippen molar-refractivity contribution in [1.82, 2.24) is 19.6 Å². The highest BCUT2D eigenvalue weighted by molar-refractivity contribution is 5.85. The molecule has 1 fully saturated rings. The van der Waals surface area contributed by atoms with Gasteiger partial charge in [0.25, 0.3) is 0 Å². The van der Waals surface area contributed by atoms with Gasteiger partial charge in [-0.05, 0) is 40.8 Å². The van der Waals surface area contributed by atoms with Gasteiger partial charge in [0, 0.05) is 52.1 Å². The molecule has 1 heterocycles. The maximum Gasteiger partial charge on any atom is 0.232 e. The molecule has 0 aromatic heterocycles. The molecule has 1 amide bonds. The second kappa shape index (κ2) is 9.35. The number of likely N-dealkylation sites (N-methyl/N-ethyl adjacent to an activating group) is 1. The Bertz CT molecular complexity index is 609. The van der Waals surface area contributed by atoms with Crippen molar-refractivity contribution in [1.29, 1.82) is 0 Å². The maximum atomic E-state index is 13.4. The first-order valence-electron chi connectivity index (χ1n) is 10.0. The first-order valence-corrected chi connectivity index (χ1v) is 10.0. The normalized spacial score (nSPS) is 27.2. The van der Waals surface area contributed by atoms with Crippen molar-refractivity contribution in [3.05, 3.63) is 35.9 Å². The monoisotopic (exact) mass is 390 g/mol. The second-order valence-corrected chi connectivity index (χ2v) is 9.10. The van der Waals surface area contributed by atoms with Gasteiger partial charge in [0.2, 0.25) is 5.91 Å². The lowest BCUT2D eigenvalue weighted by Crippen LogP contribution is -2.66. The van der Waals surface area contributed by atoms with Gasteiger partial charge in [-0.3, -0.25) is 4.79 Å². The number of likely N-dealkylation sites (tertiary alicyclic amines) is 1. The Labute approximate surface area is 170 Å². The minimum absolute atomic E-state index is 0.0363. The number of benzene rings is 1. The van der Waals surface area contributed by atoms with Crippen molar-refractivity contribution in [3.63, 3.8) is 0 Å². The van der Waals surface area contributed by atoms with E-state index in [9.17, 15) is 9.90 Å². The molecule has 1 aromatic rings. The SMILES string of the molecule is CN(C)CC1CN(C)CC(CN(C)C)C1(O)C(C(=O)N(C)C)c1ccccc1. The predicted molar refractivity (Wildman–Crippen MR) is 114 cm³/mol. The molecule has 1 saturated heterocycles. The van der Waals surface area contributed by atoms with Crippen molar-refractivity contribution in [3.8, 4) is 0 Å². The van der Waals surface area contributed by atoms with Gasteiger partial charge in [-0.25, -0.2) is 0 Å². The largest absolute Gasteiger partial charge is 0.388 e. The Balaban J connectivity index is 2.63. The van der Waals surface area contributed by atoms with Crippen molar-refractivity contribution in [2.45, 2.75) is 11.5 Å². The van der Waals surface area contributed by atoms with E-state index in [4.69, 9.17) is 0 Å². The molecule has 1 aromatic carbocycles. The van der Waals surface area contributed by atoms with E-state index in [0.29, 0.717) is 0 Å². The van der Waals surface area contributed by atoms with Crippen LogP contribution in [0, 0.1) is 11.8 Å². The van der Waals surface area contributed by atoms with E-state index in [2.05, 4.69) is 21.7 Å². The summed E-state index contributed by atoms with van der Waals surface area (Å²) in [5, 5.41) is 12.4. The molecule has 6 nitrogen and oxygen atoms in total. The standard InChI is InChI=1S/C22H38N4O2/c1-23(2)13-18-15-26(7)16-19(14-24(3)4)22(18,28)20(21(27)25(5)6)17-11-9-8-10-12-17/h8-12,18-20,28H,13-16H2,1-7H3.